The van der Waals surface area contributed by atoms with E-state index in [9.17, 15) is 0 Å². The summed E-state index contributed by atoms with van der Waals surface area (Å²) in [6.45, 7) is 1.09. The molecule has 1 aliphatic heterocycles. The molecule has 1 heteroatoms. The van der Waals surface area contributed by atoms with Crippen molar-refractivity contribution >= 4 is 6.21 Å². The van der Waals surface area contributed by atoms with Crippen molar-refractivity contribution in [1.82, 2.24) is 0 Å². The first-order valence-electron chi connectivity index (χ1n) is 5.42. The zero-order valence-corrected chi connectivity index (χ0v) is 7.89. The van der Waals surface area contributed by atoms with Crippen molar-refractivity contribution in [3.8, 4) is 0 Å². The van der Waals surface area contributed by atoms with Gasteiger partial charge in [0.15, 0.2) is 0 Å². The normalized spacial score (nSPS) is 28.7. The molecule has 2 rings (SSSR count). The van der Waals surface area contributed by atoms with Gasteiger partial charge in [-0.25, -0.2) is 0 Å². The number of nitrogens with zero attached hydrogens (tertiary/aromatic N) is 1. The van der Waals surface area contributed by atoms with E-state index in [2.05, 4.69) is 11.2 Å². The Bertz CT molecular complexity index is 164. The Morgan fingerprint density at radius 1 is 0.833 bits per heavy atom. The van der Waals surface area contributed by atoms with E-state index in [4.69, 9.17) is 0 Å². The van der Waals surface area contributed by atoms with Crippen LogP contribution in [-0.2, 0) is 0 Å². The Kier molecular flexibility index (Phi) is 2.48. The maximum Gasteiger partial charge on any atom is 0.0385 e. The number of aliphatic imine (C=N–C) groups is 1. The Morgan fingerprint density at radius 2 is 1.50 bits per heavy atom. The van der Waals surface area contributed by atoms with Crippen molar-refractivity contribution in [1.29, 1.82) is 0 Å². The second-order valence-corrected chi connectivity index (χ2v) is 4.42. The molecule has 2 aliphatic rings. The zero-order valence-electron chi connectivity index (χ0n) is 7.89. The van der Waals surface area contributed by atoms with Crippen LogP contribution in [0.25, 0.3) is 0 Å². The van der Waals surface area contributed by atoms with Gasteiger partial charge in [-0.05, 0) is 25.7 Å². The van der Waals surface area contributed by atoms with Crippen LogP contribution in [0.1, 0.15) is 51.4 Å². The molecule has 1 nitrogen and oxygen atoms in total. The minimum atomic E-state index is 0.550. The van der Waals surface area contributed by atoms with Gasteiger partial charge in [0, 0.05) is 18.2 Å². The van der Waals surface area contributed by atoms with Crippen molar-refractivity contribution in [2.24, 2.45) is 10.4 Å². The van der Waals surface area contributed by atoms with Gasteiger partial charge in [-0.2, -0.15) is 0 Å². The highest BCUT2D eigenvalue weighted by Crippen LogP contribution is 2.38. The van der Waals surface area contributed by atoms with Gasteiger partial charge in [-0.3, -0.25) is 4.99 Å². The monoisotopic (exact) mass is 165 g/mol. The Balaban J connectivity index is 2.05. The Labute approximate surface area is 75.3 Å². The fourth-order valence-electron chi connectivity index (χ4n) is 2.66. The van der Waals surface area contributed by atoms with E-state index < -0.39 is 0 Å². The maximum absolute atomic E-state index is 4.47. The molecule has 1 saturated carbocycles. The van der Waals surface area contributed by atoms with Gasteiger partial charge in [0.05, 0.1) is 0 Å². The third-order valence-corrected chi connectivity index (χ3v) is 3.43. The average Bonchev–Trinajstić information content (AvgIpc) is 2.33. The lowest BCUT2D eigenvalue weighted by Gasteiger charge is -2.31. The first-order chi connectivity index (χ1) is 5.91. The summed E-state index contributed by atoms with van der Waals surface area (Å²) >= 11 is 0. The van der Waals surface area contributed by atoms with Gasteiger partial charge in [-0.15, -0.1) is 0 Å². The summed E-state index contributed by atoms with van der Waals surface area (Å²) in [7, 11) is 0. The molecule has 0 atom stereocenters. The smallest absolute Gasteiger partial charge is 0.0385 e. The molecule has 0 aromatic carbocycles. The van der Waals surface area contributed by atoms with Gasteiger partial charge in [-0.1, -0.05) is 25.7 Å². The molecular weight excluding hydrogens is 146 g/mol. The minimum Gasteiger partial charge on any atom is -0.297 e. The highest BCUT2D eigenvalue weighted by molar-refractivity contribution is 5.66. The third kappa shape index (κ3) is 1.70. The molecule has 0 amide bonds. The standard InChI is InChI=1S/C11H19N/c1-2-4-7-11(6-3-1)8-5-9-12-10-11/h10H,1-9H2. The molecule has 1 aliphatic carbocycles. The van der Waals surface area contributed by atoms with Crippen LogP contribution in [0.5, 0.6) is 0 Å². The van der Waals surface area contributed by atoms with Crippen LogP contribution in [0.3, 0.4) is 0 Å². The van der Waals surface area contributed by atoms with Crippen LogP contribution < -0.4 is 0 Å². The van der Waals surface area contributed by atoms with Gasteiger partial charge in [0.25, 0.3) is 0 Å². The highest BCUT2D eigenvalue weighted by Gasteiger charge is 2.29. The van der Waals surface area contributed by atoms with Crippen molar-refractivity contribution in [2.75, 3.05) is 6.54 Å². The topological polar surface area (TPSA) is 12.4 Å². The molecule has 0 radical (unpaired) electrons. The highest BCUT2D eigenvalue weighted by atomic mass is 14.7. The second kappa shape index (κ2) is 3.59. The van der Waals surface area contributed by atoms with Gasteiger partial charge in [0.1, 0.15) is 0 Å². The predicted molar refractivity (Wildman–Crippen MR) is 52.7 cm³/mol. The summed E-state index contributed by atoms with van der Waals surface area (Å²) in [6, 6.07) is 0. The molecule has 1 heterocycles. The van der Waals surface area contributed by atoms with Gasteiger partial charge in [0.2, 0.25) is 0 Å². The van der Waals surface area contributed by atoms with Crippen molar-refractivity contribution in [3.05, 3.63) is 0 Å². The fourth-order valence-corrected chi connectivity index (χ4v) is 2.66. The molecule has 0 bridgehead atoms. The number of hydrogen-bond acceptors (Lipinski definition) is 1. The first-order valence-corrected chi connectivity index (χ1v) is 5.42. The van der Waals surface area contributed by atoms with E-state index in [1.165, 1.54) is 51.4 Å². The summed E-state index contributed by atoms with van der Waals surface area (Å²) in [5.41, 5.74) is 0.550. The molecule has 0 aromatic rings. The largest absolute Gasteiger partial charge is 0.297 e. The van der Waals surface area contributed by atoms with Crippen LogP contribution >= 0.6 is 0 Å². The maximum atomic E-state index is 4.47. The Hall–Kier alpha value is -0.330. The van der Waals surface area contributed by atoms with Crippen LogP contribution in [-0.4, -0.2) is 12.8 Å². The van der Waals surface area contributed by atoms with Gasteiger partial charge >= 0.3 is 0 Å². The number of rotatable bonds is 0. The molecular formula is C11H19N. The molecule has 12 heavy (non-hydrogen) atoms. The quantitative estimate of drug-likeness (QED) is 0.522. The molecule has 0 saturated heterocycles. The average molecular weight is 165 g/mol. The predicted octanol–water partition coefficient (Wildman–Crippen LogP) is 3.19. The molecule has 68 valence electrons. The summed E-state index contributed by atoms with van der Waals surface area (Å²) in [4.78, 5) is 4.47. The lowest BCUT2D eigenvalue weighted by atomic mass is 9.76. The van der Waals surface area contributed by atoms with Crippen LogP contribution in [0.15, 0.2) is 4.99 Å². The molecule has 0 unspecified atom stereocenters. The van der Waals surface area contributed by atoms with Gasteiger partial charge < -0.3 is 0 Å². The van der Waals surface area contributed by atoms with Crippen LogP contribution in [0.4, 0.5) is 0 Å². The summed E-state index contributed by atoms with van der Waals surface area (Å²) < 4.78 is 0. The van der Waals surface area contributed by atoms with Crippen LogP contribution in [0.2, 0.25) is 0 Å². The molecule has 1 spiro atoms. The first kappa shape index (κ1) is 8.28. The van der Waals surface area contributed by atoms with E-state index in [-0.39, 0.29) is 0 Å². The summed E-state index contributed by atoms with van der Waals surface area (Å²) in [5, 5.41) is 0. The Morgan fingerprint density at radius 3 is 2.08 bits per heavy atom. The van der Waals surface area contributed by atoms with E-state index in [1.54, 1.807) is 0 Å². The lowest BCUT2D eigenvalue weighted by molar-refractivity contribution is 0.325. The summed E-state index contributed by atoms with van der Waals surface area (Å²) in [5.74, 6) is 0. The molecule has 0 aromatic heterocycles. The van der Waals surface area contributed by atoms with Crippen molar-refractivity contribution in [3.63, 3.8) is 0 Å². The lowest BCUT2D eigenvalue weighted by Crippen LogP contribution is -2.25. The molecule has 0 N–H and O–H groups in total. The van der Waals surface area contributed by atoms with Crippen molar-refractivity contribution < 1.29 is 0 Å². The van der Waals surface area contributed by atoms with E-state index in [0.29, 0.717) is 5.41 Å². The van der Waals surface area contributed by atoms with E-state index >= 15 is 0 Å². The third-order valence-electron chi connectivity index (χ3n) is 3.43. The van der Waals surface area contributed by atoms with E-state index in [0.717, 1.165) is 6.54 Å². The molecule has 1 fully saturated rings. The number of hydrogen-bond donors (Lipinski definition) is 0. The minimum absolute atomic E-state index is 0.550. The SMILES string of the molecule is C1=NCCCC12CCCCCC2. The van der Waals surface area contributed by atoms with Crippen molar-refractivity contribution in [2.45, 2.75) is 51.4 Å². The second-order valence-electron chi connectivity index (χ2n) is 4.42. The summed E-state index contributed by atoms with van der Waals surface area (Å²) in [6.07, 6.45) is 13.6. The van der Waals surface area contributed by atoms with Crippen LogP contribution in [0, 0.1) is 5.41 Å². The van der Waals surface area contributed by atoms with E-state index in [1.807, 2.05) is 0 Å². The zero-order chi connectivity index (χ0) is 8.28. The fraction of sp³-hybridized carbons (Fsp3) is 0.909.